The molecule has 1 heterocycles. The molecule has 2 aromatic carbocycles. The van der Waals surface area contributed by atoms with Crippen LogP contribution < -0.4 is 10.5 Å². The summed E-state index contributed by atoms with van der Waals surface area (Å²) in [6.45, 7) is 0. The van der Waals surface area contributed by atoms with Gasteiger partial charge in [0.25, 0.3) is 11.1 Å². The van der Waals surface area contributed by atoms with Gasteiger partial charge in [0.05, 0.1) is 17.9 Å². The molecule has 0 spiro atoms. The van der Waals surface area contributed by atoms with Crippen molar-refractivity contribution in [2.45, 2.75) is 5.22 Å². The van der Waals surface area contributed by atoms with Crippen LogP contribution in [-0.4, -0.2) is 28.8 Å². The molecule has 1 N–H and O–H groups in total. The van der Waals surface area contributed by atoms with Crippen molar-refractivity contribution in [1.29, 1.82) is 0 Å². The molecule has 3 aromatic rings. The molecule has 0 saturated heterocycles. The number of nitrogens with one attached hydrogen (secondary N) is 1. The summed E-state index contributed by atoms with van der Waals surface area (Å²) in [4.78, 5) is 27.0. The summed E-state index contributed by atoms with van der Waals surface area (Å²) in [7, 11) is 0. The molecule has 3 rings (SSSR count). The number of carboxylic acids is 1. The zero-order chi connectivity index (χ0) is 17.6. The van der Waals surface area contributed by atoms with E-state index in [1.54, 1.807) is 24.3 Å². The van der Waals surface area contributed by atoms with E-state index >= 15 is 0 Å². The molecule has 0 saturated carbocycles. The highest BCUT2D eigenvalue weighted by Crippen LogP contribution is 2.22. The first kappa shape index (κ1) is 16.7. The van der Waals surface area contributed by atoms with Gasteiger partial charge in [0.1, 0.15) is 5.52 Å². The number of para-hydroxylation sites is 2. The van der Waals surface area contributed by atoms with E-state index in [9.17, 15) is 14.7 Å². The standard InChI is InChI=1S/C17H13N3O4S/c21-15(10-25-17-19-13-7-3-4-8-14(13)24-17)20-18-9-11-5-1-2-6-12(11)16(22)23/h1-9H,10H2,(H,20,21)(H,22,23)/p-1/b18-9+. The highest BCUT2D eigenvalue weighted by atomic mass is 32.2. The van der Waals surface area contributed by atoms with Gasteiger partial charge in [-0.05, 0) is 12.1 Å². The number of benzene rings is 2. The normalized spacial score (nSPS) is 11.0. The highest BCUT2D eigenvalue weighted by molar-refractivity contribution is 7.99. The van der Waals surface area contributed by atoms with Crippen LogP contribution in [0.4, 0.5) is 0 Å². The van der Waals surface area contributed by atoms with Crippen molar-refractivity contribution in [3.8, 4) is 0 Å². The Hall–Kier alpha value is -3.13. The number of aromatic nitrogens is 1. The van der Waals surface area contributed by atoms with E-state index in [1.807, 2.05) is 18.2 Å². The molecule has 126 valence electrons. The summed E-state index contributed by atoms with van der Waals surface area (Å²) in [5.41, 5.74) is 4.05. The lowest BCUT2D eigenvalue weighted by Gasteiger charge is -2.05. The van der Waals surface area contributed by atoms with Crippen LogP contribution in [-0.2, 0) is 4.79 Å². The van der Waals surface area contributed by atoms with E-state index in [0.717, 1.165) is 17.3 Å². The van der Waals surface area contributed by atoms with Gasteiger partial charge in [-0.1, -0.05) is 48.2 Å². The first-order valence-corrected chi connectivity index (χ1v) is 8.22. The summed E-state index contributed by atoms with van der Waals surface area (Å²) in [6, 6.07) is 13.5. The zero-order valence-corrected chi connectivity index (χ0v) is 13.7. The number of amides is 1. The van der Waals surface area contributed by atoms with Crippen molar-refractivity contribution in [1.82, 2.24) is 10.4 Å². The van der Waals surface area contributed by atoms with Crippen molar-refractivity contribution >= 4 is 41.0 Å². The third kappa shape index (κ3) is 4.24. The van der Waals surface area contributed by atoms with Gasteiger partial charge in [-0.15, -0.1) is 0 Å². The number of carboxylic acid groups (broad SMARTS) is 1. The lowest BCUT2D eigenvalue weighted by molar-refractivity contribution is -0.255. The third-order valence-corrected chi connectivity index (χ3v) is 4.00. The van der Waals surface area contributed by atoms with E-state index in [1.165, 1.54) is 12.3 Å². The Morgan fingerprint density at radius 2 is 1.96 bits per heavy atom. The minimum atomic E-state index is -1.31. The van der Waals surface area contributed by atoms with Crippen molar-refractivity contribution < 1.29 is 19.1 Å². The number of carbonyl (C=O) groups excluding carboxylic acids is 2. The lowest BCUT2D eigenvalue weighted by atomic mass is 10.1. The summed E-state index contributed by atoms with van der Waals surface area (Å²) in [5.74, 6) is -1.61. The maximum absolute atomic E-state index is 11.8. The third-order valence-electron chi connectivity index (χ3n) is 3.17. The molecule has 7 nitrogen and oxygen atoms in total. The Labute approximate surface area is 146 Å². The molecular weight excluding hydrogens is 342 g/mol. The van der Waals surface area contributed by atoms with Gasteiger partial charge in [-0.2, -0.15) is 5.10 Å². The predicted octanol–water partition coefficient (Wildman–Crippen LogP) is 1.43. The molecule has 1 aromatic heterocycles. The van der Waals surface area contributed by atoms with Gasteiger partial charge >= 0.3 is 0 Å². The van der Waals surface area contributed by atoms with E-state index < -0.39 is 5.97 Å². The Bertz CT molecular complexity index is 919. The van der Waals surface area contributed by atoms with E-state index in [4.69, 9.17) is 4.42 Å². The minimum Gasteiger partial charge on any atom is -0.545 e. The number of rotatable bonds is 6. The van der Waals surface area contributed by atoms with Gasteiger partial charge in [0, 0.05) is 11.1 Å². The fourth-order valence-electron chi connectivity index (χ4n) is 2.04. The largest absolute Gasteiger partial charge is 0.545 e. The Balaban J connectivity index is 1.55. The van der Waals surface area contributed by atoms with Crippen LogP contribution in [0, 0.1) is 0 Å². The van der Waals surface area contributed by atoms with Crippen LogP contribution in [0.1, 0.15) is 15.9 Å². The number of hydrogen-bond acceptors (Lipinski definition) is 7. The van der Waals surface area contributed by atoms with Gasteiger partial charge < -0.3 is 14.3 Å². The van der Waals surface area contributed by atoms with Crippen LogP contribution in [0.25, 0.3) is 11.1 Å². The summed E-state index contributed by atoms with van der Waals surface area (Å²) in [6.07, 6.45) is 1.26. The molecule has 0 bridgehead atoms. The maximum atomic E-state index is 11.8. The molecule has 0 atom stereocenters. The topological polar surface area (TPSA) is 108 Å². The molecule has 1 amide bonds. The van der Waals surface area contributed by atoms with Crippen molar-refractivity contribution in [2.75, 3.05) is 5.75 Å². The van der Waals surface area contributed by atoms with E-state index in [2.05, 4.69) is 15.5 Å². The monoisotopic (exact) mass is 354 g/mol. The Morgan fingerprint density at radius 1 is 1.20 bits per heavy atom. The lowest BCUT2D eigenvalue weighted by Crippen LogP contribution is -2.24. The molecule has 0 radical (unpaired) electrons. The second-order valence-electron chi connectivity index (χ2n) is 4.90. The molecular formula is C17H12N3O4S-. The maximum Gasteiger partial charge on any atom is 0.257 e. The molecule has 0 unspecified atom stereocenters. The number of hydrazone groups is 1. The number of hydrogen-bond donors (Lipinski definition) is 1. The van der Waals surface area contributed by atoms with Crippen LogP contribution in [0.3, 0.4) is 0 Å². The van der Waals surface area contributed by atoms with Crippen LogP contribution >= 0.6 is 11.8 Å². The average molecular weight is 354 g/mol. The molecule has 0 aliphatic heterocycles. The van der Waals surface area contributed by atoms with E-state index in [-0.39, 0.29) is 17.2 Å². The molecule has 0 aliphatic carbocycles. The zero-order valence-electron chi connectivity index (χ0n) is 12.8. The smallest absolute Gasteiger partial charge is 0.257 e. The molecule has 25 heavy (non-hydrogen) atoms. The summed E-state index contributed by atoms with van der Waals surface area (Å²) in [5, 5.41) is 15.1. The fraction of sp³-hybridized carbons (Fsp3) is 0.0588. The molecule has 8 heteroatoms. The average Bonchev–Trinajstić information content (AvgIpc) is 3.03. The number of nitrogens with zero attached hydrogens (tertiary/aromatic N) is 2. The van der Waals surface area contributed by atoms with Crippen LogP contribution in [0.15, 0.2) is 63.3 Å². The number of thioether (sulfide) groups is 1. The Morgan fingerprint density at radius 3 is 2.76 bits per heavy atom. The first-order valence-electron chi connectivity index (χ1n) is 7.24. The summed E-state index contributed by atoms with van der Waals surface area (Å²) < 4.78 is 5.50. The second kappa shape index (κ2) is 7.63. The van der Waals surface area contributed by atoms with Gasteiger partial charge in [0.15, 0.2) is 5.58 Å². The number of aromatic carboxylic acids is 1. The quantitative estimate of drug-likeness (QED) is 0.408. The van der Waals surface area contributed by atoms with Crippen molar-refractivity contribution in [2.24, 2.45) is 5.10 Å². The minimum absolute atomic E-state index is 0.00125. The van der Waals surface area contributed by atoms with Gasteiger partial charge in [-0.25, -0.2) is 10.4 Å². The van der Waals surface area contributed by atoms with Crippen molar-refractivity contribution in [3.63, 3.8) is 0 Å². The van der Waals surface area contributed by atoms with Crippen LogP contribution in [0.5, 0.6) is 0 Å². The Kier molecular flexibility index (Phi) is 5.10. The van der Waals surface area contributed by atoms with E-state index in [0.29, 0.717) is 16.4 Å². The fourth-order valence-corrected chi connectivity index (χ4v) is 2.67. The van der Waals surface area contributed by atoms with Gasteiger partial charge in [-0.3, -0.25) is 4.79 Å². The molecule has 0 aliphatic rings. The molecule has 0 fully saturated rings. The summed E-state index contributed by atoms with van der Waals surface area (Å²) >= 11 is 1.14. The number of oxazole rings is 1. The van der Waals surface area contributed by atoms with Crippen LogP contribution in [0.2, 0.25) is 0 Å². The first-order chi connectivity index (χ1) is 12.1. The second-order valence-corrected chi connectivity index (χ2v) is 5.83. The predicted molar refractivity (Wildman–Crippen MR) is 91.2 cm³/mol. The van der Waals surface area contributed by atoms with Gasteiger partial charge in [0.2, 0.25) is 0 Å². The number of fused-ring (bicyclic) bond motifs is 1. The number of carbonyl (C=O) groups is 2. The highest BCUT2D eigenvalue weighted by Gasteiger charge is 2.08. The SMILES string of the molecule is O=C(CSc1nc2ccccc2o1)N/N=C/c1ccccc1C(=O)[O-]. The van der Waals surface area contributed by atoms with Crippen molar-refractivity contribution in [3.05, 3.63) is 59.7 Å².